The van der Waals surface area contributed by atoms with E-state index in [0.29, 0.717) is 6.61 Å². The van der Waals surface area contributed by atoms with Gasteiger partial charge in [0, 0.05) is 11.8 Å². The van der Waals surface area contributed by atoms with Gasteiger partial charge in [-0.15, -0.1) is 0 Å². The molecule has 0 fully saturated rings. The fourth-order valence-electron chi connectivity index (χ4n) is 2.26. The number of hydrogen-bond acceptors (Lipinski definition) is 2. The molecule has 0 N–H and O–H groups in total. The molecule has 1 aromatic carbocycles. The van der Waals surface area contributed by atoms with Crippen LogP contribution in [0.4, 0.5) is 4.39 Å². The summed E-state index contributed by atoms with van der Waals surface area (Å²) in [7, 11) is -1.83. The summed E-state index contributed by atoms with van der Waals surface area (Å²) in [6.07, 6.45) is 3.77. The van der Waals surface area contributed by atoms with Gasteiger partial charge in [0.2, 0.25) is 0 Å². The molecule has 3 nitrogen and oxygen atoms in total. The van der Waals surface area contributed by atoms with Crippen LogP contribution >= 0.6 is 0 Å². The third-order valence-electron chi connectivity index (χ3n) is 5.08. The lowest BCUT2D eigenvalue weighted by Crippen LogP contribution is -2.42. The smallest absolute Gasteiger partial charge is 0.192 e. The molecule has 0 spiro atoms. The summed E-state index contributed by atoms with van der Waals surface area (Å²) in [5, 5.41) is 0.167. The Balaban J connectivity index is 2.19. The zero-order valence-corrected chi connectivity index (χ0v) is 17.1. The molecule has 25 heavy (non-hydrogen) atoms. The first-order chi connectivity index (χ1) is 11.5. The summed E-state index contributed by atoms with van der Waals surface area (Å²) in [4.78, 5) is 4.47. The zero-order valence-electron chi connectivity index (χ0n) is 16.1. The van der Waals surface area contributed by atoms with Gasteiger partial charge in [0.1, 0.15) is 5.82 Å². The van der Waals surface area contributed by atoms with Crippen LogP contribution in [-0.2, 0) is 4.43 Å². The molecule has 5 heteroatoms. The van der Waals surface area contributed by atoms with Crippen LogP contribution in [0, 0.1) is 5.82 Å². The molecule has 0 unspecified atom stereocenters. The van der Waals surface area contributed by atoms with E-state index in [9.17, 15) is 4.39 Å². The normalized spacial score (nSPS) is 13.7. The Morgan fingerprint density at radius 1 is 1.28 bits per heavy atom. The van der Waals surface area contributed by atoms with Gasteiger partial charge in [-0.1, -0.05) is 32.9 Å². The van der Waals surface area contributed by atoms with E-state index in [1.165, 1.54) is 12.1 Å². The van der Waals surface area contributed by atoms with Crippen LogP contribution in [0.15, 0.2) is 48.9 Å². The van der Waals surface area contributed by atoms with E-state index in [4.69, 9.17) is 4.43 Å². The lowest BCUT2D eigenvalue weighted by Gasteiger charge is -2.37. The lowest BCUT2D eigenvalue weighted by molar-refractivity contribution is 0.246. The van der Waals surface area contributed by atoms with Crippen molar-refractivity contribution in [3.05, 3.63) is 54.8 Å². The van der Waals surface area contributed by atoms with E-state index >= 15 is 0 Å². The Morgan fingerprint density at radius 3 is 2.40 bits per heavy atom. The predicted octanol–water partition coefficient (Wildman–Crippen LogP) is 5.83. The molecule has 0 saturated carbocycles. The number of rotatable bonds is 6. The van der Waals surface area contributed by atoms with Gasteiger partial charge in [0.25, 0.3) is 0 Å². The standard InChI is InChI=1S/C20H29FN2OSi/c1-15(2)19(13-24-25(6,7)20(3,4)5)23-12-18(22-14-23)16-8-10-17(21)11-9-16/h8-12,14,19H,1,13H2,2-7H3/t19-/m1/s1. The Morgan fingerprint density at radius 2 is 1.88 bits per heavy atom. The SMILES string of the molecule is C=C(C)[C@@H](CO[Si](C)(C)C(C)(C)C)n1cnc(-c2ccc(F)cc2)c1. The number of benzene rings is 1. The van der Waals surface area contributed by atoms with E-state index in [1.807, 2.05) is 17.7 Å². The summed E-state index contributed by atoms with van der Waals surface area (Å²) in [5.41, 5.74) is 2.74. The van der Waals surface area contributed by atoms with Crippen LogP contribution in [0.2, 0.25) is 18.1 Å². The summed E-state index contributed by atoms with van der Waals surface area (Å²) >= 11 is 0. The van der Waals surface area contributed by atoms with E-state index < -0.39 is 8.32 Å². The van der Waals surface area contributed by atoms with Crippen molar-refractivity contribution in [2.45, 2.75) is 51.9 Å². The molecule has 1 aromatic heterocycles. The van der Waals surface area contributed by atoms with Crippen LogP contribution in [0.5, 0.6) is 0 Å². The van der Waals surface area contributed by atoms with Gasteiger partial charge >= 0.3 is 0 Å². The molecule has 2 rings (SSSR count). The second-order valence-corrected chi connectivity index (χ2v) is 13.0. The van der Waals surface area contributed by atoms with E-state index in [0.717, 1.165) is 16.8 Å². The number of aromatic nitrogens is 2. The average Bonchev–Trinajstić information content (AvgIpc) is 2.96. The van der Waals surface area contributed by atoms with Crippen LogP contribution in [0.3, 0.4) is 0 Å². The minimum Gasteiger partial charge on any atom is -0.414 e. The highest BCUT2D eigenvalue weighted by Gasteiger charge is 2.37. The number of halogens is 1. The van der Waals surface area contributed by atoms with Gasteiger partial charge in [-0.3, -0.25) is 0 Å². The van der Waals surface area contributed by atoms with Crippen molar-refractivity contribution in [3.63, 3.8) is 0 Å². The molecule has 136 valence electrons. The first-order valence-electron chi connectivity index (χ1n) is 8.60. The molecule has 0 amide bonds. The Labute approximate surface area is 151 Å². The molecular weight excluding hydrogens is 331 g/mol. The molecular formula is C20H29FN2OSi. The molecule has 0 bridgehead atoms. The van der Waals surface area contributed by atoms with Gasteiger partial charge in [0.15, 0.2) is 8.32 Å². The summed E-state index contributed by atoms with van der Waals surface area (Å²) in [6.45, 7) is 17.9. The van der Waals surface area contributed by atoms with Crippen molar-refractivity contribution in [3.8, 4) is 11.3 Å². The van der Waals surface area contributed by atoms with Crippen molar-refractivity contribution in [2.75, 3.05) is 6.61 Å². The number of nitrogens with zero attached hydrogens (tertiary/aromatic N) is 2. The molecule has 0 aliphatic heterocycles. The van der Waals surface area contributed by atoms with E-state index in [1.54, 1.807) is 18.5 Å². The van der Waals surface area contributed by atoms with Gasteiger partial charge in [-0.2, -0.15) is 0 Å². The van der Waals surface area contributed by atoms with Gasteiger partial charge in [-0.25, -0.2) is 9.37 Å². The minimum absolute atomic E-state index is 0.0378. The molecule has 0 radical (unpaired) electrons. The summed E-state index contributed by atoms with van der Waals surface area (Å²) < 4.78 is 21.5. The first-order valence-corrected chi connectivity index (χ1v) is 11.5. The highest BCUT2D eigenvalue weighted by Crippen LogP contribution is 2.37. The maximum absolute atomic E-state index is 13.1. The fourth-order valence-corrected chi connectivity index (χ4v) is 3.27. The Kier molecular flexibility index (Phi) is 5.69. The monoisotopic (exact) mass is 360 g/mol. The lowest BCUT2D eigenvalue weighted by atomic mass is 10.1. The van der Waals surface area contributed by atoms with Crippen molar-refractivity contribution >= 4 is 8.32 Å². The third-order valence-corrected chi connectivity index (χ3v) is 9.58. The summed E-state index contributed by atoms with van der Waals surface area (Å²) in [6, 6.07) is 6.42. The van der Waals surface area contributed by atoms with E-state index in [-0.39, 0.29) is 16.9 Å². The minimum atomic E-state index is -1.83. The average molecular weight is 361 g/mol. The van der Waals surface area contributed by atoms with Crippen LogP contribution in [0.1, 0.15) is 33.7 Å². The van der Waals surface area contributed by atoms with Crippen LogP contribution < -0.4 is 0 Å². The van der Waals surface area contributed by atoms with Gasteiger partial charge < -0.3 is 8.99 Å². The highest BCUT2D eigenvalue weighted by molar-refractivity contribution is 6.74. The third kappa shape index (κ3) is 4.67. The topological polar surface area (TPSA) is 27.1 Å². The van der Waals surface area contributed by atoms with Crippen molar-refractivity contribution in [1.82, 2.24) is 9.55 Å². The van der Waals surface area contributed by atoms with Gasteiger partial charge in [0.05, 0.1) is 24.7 Å². The predicted molar refractivity (Wildman–Crippen MR) is 105 cm³/mol. The highest BCUT2D eigenvalue weighted by atomic mass is 28.4. The molecule has 1 heterocycles. The number of imidazole rings is 1. The fraction of sp³-hybridized carbons (Fsp3) is 0.450. The molecule has 0 aliphatic carbocycles. The second-order valence-electron chi connectivity index (χ2n) is 8.15. The molecule has 0 saturated heterocycles. The van der Waals surface area contributed by atoms with Crippen LogP contribution in [-0.4, -0.2) is 24.5 Å². The Hall–Kier alpha value is -1.72. The largest absolute Gasteiger partial charge is 0.414 e. The maximum Gasteiger partial charge on any atom is 0.192 e. The van der Waals surface area contributed by atoms with Gasteiger partial charge in [-0.05, 0) is 49.3 Å². The van der Waals surface area contributed by atoms with E-state index in [2.05, 4.69) is 45.4 Å². The van der Waals surface area contributed by atoms with Crippen LogP contribution in [0.25, 0.3) is 11.3 Å². The molecule has 1 atom stereocenters. The molecule has 0 aliphatic rings. The quantitative estimate of drug-likeness (QED) is 0.479. The zero-order chi connectivity index (χ0) is 18.8. The Bertz CT molecular complexity index is 729. The number of hydrogen-bond donors (Lipinski definition) is 0. The first kappa shape index (κ1) is 19.6. The maximum atomic E-state index is 13.1. The second kappa shape index (κ2) is 7.26. The van der Waals surface area contributed by atoms with Crippen molar-refractivity contribution in [1.29, 1.82) is 0 Å². The van der Waals surface area contributed by atoms with Crippen molar-refractivity contribution in [2.24, 2.45) is 0 Å². The van der Waals surface area contributed by atoms with Crippen molar-refractivity contribution < 1.29 is 8.82 Å². The summed E-state index contributed by atoms with van der Waals surface area (Å²) in [5.74, 6) is -0.245. The molecule has 2 aromatic rings.